The minimum atomic E-state index is -0.168. The van der Waals surface area contributed by atoms with Gasteiger partial charge in [0.15, 0.2) is 0 Å². The quantitative estimate of drug-likeness (QED) is 0.660. The highest BCUT2D eigenvalue weighted by molar-refractivity contribution is 5.11. The van der Waals surface area contributed by atoms with Gasteiger partial charge in [0.1, 0.15) is 0 Å². The molecule has 1 N–H and O–H groups in total. The summed E-state index contributed by atoms with van der Waals surface area (Å²) in [6.07, 6.45) is 11.6. The highest BCUT2D eigenvalue weighted by Gasteiger charge is 2.08. The van der Waals surface area contributed by atoms with E-state index in [0.717, 1.165) is 19.3 Å². The second-order valence-corrected chi connectivity index (χ2v) is 5.26. The Bertz CT molecular complexity index is 263. The lowest BCUT2D eigenvalue weighted by Crippen LogP contribution is -2.05. The molecule has 1 rings (SSSR count). The number of aliphatic hydroxyl groups is 1. The van der Waals surface area contributed by atoms with Crippen LogP contribution in [0.1, 0.15) is 78.1 Å². The fourth-order valence-electron chi connectivity index (χ4n) is 2.39. The van der Waals surface area contributed by atoms with Gasteiger partial charge in [-0.1, -0.05) is 26.7 Å². The number of unbranched alkanes of at least 4 members (excludes halogenated alkanes) is 1. The van der Waals surface area contributed by atoms with Crippen LogP contribution < -0.4 is 0 Å². The first-order valence-electron chi connectivity index (χ1n) is 7.40. The largest absolute Gasteiger partial charge is 0.393 e. The molecule has 0 radical (unpaired) electrons. The number of hydrogen-bond acceptors (Lipinski definition) is 1. The van der Waals surface area contributed by atoms with E-state index in [1.807, 2.05) is 0 Å². The van der Waals surface area contributed by atoms with Gasteiger partial charge in [0.25, 0.3) is 0 Å². The molecule has 0 aromatic carbocycles. The number of aliphatic hydroxyl groups excluding tert-OH is 1. The van der Waals surface area contributed by atoms with Crippen LogP contribution in [0.5, 0.6) is 0 Å². The highest BCUT2D eigenvalue weighted by Crippen LogP contribution is 2.24. The van der Waals surface area contributed by atoms with Crippen molar-refractivity contribution in [3.05, 3.63) is 16.9 Å². The molecule has 1 heteroatoms. The van der Waals surface area contributed by atoms with Crippen LogP contribution in [0, 0.1) is 0 Å². The molecule has 1 aliphatic rings. The summed E-state index contributed by atoms with van der Waals surface area (Å²) in [6, 6.07) is 0. The van der Waals surface area contributed by atoms with E-state index in [9.17, 15) is 5.11 Å². The first kappa shape index (κ1) is 14.5. The van der Waals surface area contributed by atoms with Crippen molar-refractivity contribution >= 4 is 0 Å². The molecule has 0 aromatic rings. The van der Waals surface area contributed by atoms with Crippen LogP contribution >= 0.6 is 0 Å². The van der Waals surface area contributed by atoms with Gasteiger partial charge in [-0.3, -0.25) is 0 Å². The summed E-state index contributed by atoms with van der Waals surface area (Å²) < 4.78 is 0. The van der Waals surface area contributed by atoms with Gasteiger partial charge < -0.3 is 5.11 Å². The number of hydrogen-bond donors (Lipinski definition) is 1. The maximum atomic E-state index is 9.79. The number of rotatable bonds is 6. The van der Waals surface area contributed by atoms with Crippen molar-refractivity contribution in [3.63, 3.8) is 0 Å². The van der Waals surface area contributed by atoms with Crippen LogP contribution in [-0.2, 0) is 0 Å². The van der Waals surface area contributed by atoms with E-state index in [1.54, 1.807) is 0 Å². The Balaban J connectivity index is 2.68. The van der Waals surface area contributed by atoms with E-state index in [1.165, 1.54) is 56.1 Å². The Morgan fingerprint density at radius 3 is 2.53 bits per heavy atom. The molecule has 0 amide bonds. The topological polar surface area (TPSA) is 20.2 Å². The fraction of sp³-hybridized carbons (Fsp3) is 0.812. The van der Waals surface area contributed by atoms with Gasteiger partial charge in [-0.2, -0.15) is 0 Å². The molecule has 1 saturated carbocycles. The lowest BCUT2D eigenvalue weighted by Gasteiger charge is -2.13. The minimum Gasteiger partial charge on any atom is -0.393 e. The third-order valence-electron chi connectivity index (χ3n) is 3.60. The molecule has 0 saturated heterocycles. The Kier molecular flexibility index (Phi) is 7.32. The molecule has 1 nitrogen and oxygen atoms in total. The van der Waals surface area contributed by atoms with Crippen LogP contribution in [-0.4, -0.2) is 11.2 Å². The van der Waals surface area contributed by atoms with Gasteiger partial charge >= 0.3 is 0 Å². The van der Waals surface area contributed by atoms with Crippen molar-refractivity contribution in [1.82, 2.24) is 0 Å². The van der Waals surface area contributed by atoms with E-state index in [0.29, 0.717) is 0 Å². The zero-order valence-electron chi connectivity index (χ0n) is 11.6. The molecule has 1 unspecified atom stereocenters. The molecule has 1 fully saturated rings. The lowest BCUT2D eigenvalue weighted by atomic mass is 9.93. The first-order chi connectivity index (χ1) is 8.26. The predicted octanol–water partition coefficient (Wildman–Crippen LogP) is 4.75. The third-order valence-corrected chi connectivity index (χ3v) is 3.60. The third kappa shape index (κ3) is 6.10. The average Bonchev–Trinajstić information content (AvgIpc) is 2.37. The van der Waals surface area contributed by atoms with Crippen LogP contribution in [0.2, 0.25) is 0 Å². The predicted molar refractivity (Wildman–Crippen MR) is 74.1 cm³/mol. The Labute approximate surface area is 107 Å². The van der Waals surface area contributed by atoms with E-state index in [4.69, 9.17) is 0 Å². The molecule has 0 aromatic heterocycles. The van der Waals surface area contributed by atoms with Gasteiger partial charge in [-0.15, -0.1) is 5.73 Å². The van der Waals surface area contributed by atoms with E-state index < -0.39 is 0 Å². The fourth-order valence-corrected chi connectivity index (χ4v) is 2.39. The van der Waals surface area contributed by atoms with E-state index >= 15 is 0 Å². The summed E-state index contributed by atoms with van der Waals surface area (Å²) >= 11 is 0. The summed E-state index contributed by atoms with van der Waals surface area (Å²) in [7, 11) is 0. The first-order valence-corrected chi connectivity index (χ1v) is 7.40. The van der Waals surface area contributed by atoms with Crippen molar-refractivity contribution in [2.45, 2.75) is 84.2 Å². The maximum absolute atomic E-state index is 9.79. The smallest absolute Gasteiger partial charge is 0.0580 e. The normalized spacial score (nSPS) is 17.7. The molecule has 0 heterocycles. The monoisotopic (exact) mass is 236 g/mol. The average molecular weight is 236 g/mol. The zero-order valence-corrected chi connectivity index (χ0v) is 11.6. The molecule has 0 spiro atoms. The van der Waals surface area contributed by atoms with Crippen molar-refractivity contribution in [2.24, 2.45) is 0 Å². The van der Waals surface area contributed by atoms with Gasteiger partial charge in [0.05, 0.1) is 6.10 Å². The molecule has 1 aliphatic carbocycles. The standard InChI is InChI=1S/C16H28O/c1-3-5-9-15(13-16(17)4-2)12-14-10-7-6-8-11-14/h16-17H,3-11,13H2,1-2H3. The summed E-state index contributed by atoms with van der Waals surface area (Å²) in [5, 5.41) is 9.79. The van der Waals surface area contributed by atoms with Gasteiger partial charge in [0, 0.05) is 6.42 Å². The van der Waals surface area contributed by atoms with Gasteiger partial charge in [-0.05, 0) is 56.1 Å². The SMILES string of the molecule is CCCCC(=C=C1CCCCC1)CC(O)CC. The minimum absolute atomic E-state index is 0.168. The Hall–Kier alpha value is -0.520. The van der Waals surface area contributed by atoms with Gasteiger partial charge in [0.2, 0.25) is 0 Å². The Morgan fingerprint density at radius 2 is 1.94 bits per heavy atom. The molecular weight excluding hydrogens is 208 g/mol. The molecular formula is C16H28O. The summed E-state index contributed by atoms with van der Waals surface area (Å²) in [5.41, 5.74) is 6.49. The summed E-state index contributed by atoms with van der Waals surface area (Å²) in [6.45, 7) is 4.28. The van der Waals surface area contributed by atoms with Crippen LogP contribution in [0.4, 0.5) is 0 Å². The van der Waals surface area contributed by atoms with Crippen molar-refractivity contribution < 1.29 is 5.11 Å². The Morgan fingerprint density at radius 1 is 1.24 bits per heavy atom. The van der Waals surface area contributed by atoms with E-state index in [-0.39, 0.29) is 6.10 Å². The van der Waals surface area contributed by atoms with Crippen molar-refractivity contribution in [1.29, 1.82) is 0 Å². The second kappa shape index (κ2) is 8.55. The van der Waals surface area contributed by atoms with Crippen LogP contribution in [0.3, 0.4) is 0 Å². The van der Waals surface area contributed by atoms with Crippen molar-refractivity contribution in [2.75, 3.05) is 0 Å². The molecule has 0 aliphatic heterocycles. The second-order valence-electron chi connectivity index (χ2n) is 5.26. The molecule has 17 heavy (non-hydrogen) atoms. The summed E-state index contributed by atoms with van der Waals surface area (Å²) in [5.74, 6) is 0. The maximum Gasteiger partial charge on any atom is 0.0580 e. The highest BCUT2D eigenvalue weighted by atomic mass is 16.3. The molecule has 1 atom stereocenters. The van der Waals surface area contributed by atoms with E-state index in [2.05, 4.69) is 19.6 Å². The van der Waals surface area contributed by atoms with Crippen LogP contribution in [0.15, 0.2) is 16.9 Å². The zero-order chi connectivity index (χ0) is 12.5. The summed E-state index contributed by atoms with van der Waals surface area (Å²) in [4.78, 5) is 0. The van der Waals surface area contributed by atoms with Crippen LogP contribution in [0.25, 0.3) is 0 Å². The van der Waals surface area contributed by atoms with Gasteiger partial charge in [-0.25, -0.2) is 0 Å². The molecule has 0 bridgehead atoms. The lowest BCUT2D eigenvalue weighted by molar-refractivity contribution is 0.169. The molecule has 98 valence electrons. The van der Waals surface area contributed by atoms with Crippen molar-refractivity contribution in [3.8, 4) is 0 Å².